The highest BCUT2D eigenvalue weighted by atomic mass is 16.5. The molecule has 21 heavy (non-hydrogen) atoms. The van der Waals surface area contributed by atoms with Crippen LogP contribution in [0.1, 0.15) is 64.7 Å². The van der Waals surface area contributed by atoms with Gasteiger partial charge >= 0.3 is 5.97 Å². The molecule has 5 heteroatoms. The highest BCUT2D eigenvalue weighted by Gasteiger charge is 2.24. The zero-order chi connectivity index (χ0) is 16.0. The average molecular weight is 304 g/mol. The largest absolute Gasteiger partial charge is 0.465 e. The molecule has 0 aliphatic carbocycles. The summed E-state index contributed by atoms with van der Waals surface area (Å²) >= 11 is 0. The predicted octanol–water partition coefficient (Wildman–Crippen LogP) is 2.02. The van der Waals surface area contributed by atoms with Crippen molar-refractivity contribution in [1.82, 2.24) is 0 Å². The first-order valence-corrected chi connectivity index (χ1v) is 8.06. The average Bonchev–Trinajstić information content (AvgIpc) is 2.51. The maximum atomic E-state index is 11.5. The Labute approximate surface area is 128 Å². The lowest BCUT2D eigenvalue weighted by Crippen LogP contribution is -2.32. The minimum Gasteiger partial charge on any atom is -0.465 e. The summed E-state index contributed by atoms with van der Waals surface area (Å²) in [6, 6.07) is 0. The van der Waals surface area contributed by atoms with E-state index in [1.54, 1.807) is 6.92 Å². The van der Waals surface area contributed by atoms with E-state index in [9.17, 15) is 4.79 Å². The van der Waals surface area contributed by atoms with Crippen molar-refractivity contribution in [2.45, 2.75) is 64.7 Å². The maximum Gasteiger partial charge on any atom is 0.305 e. The predicted molar refractivity (Wildman–Crippen MR) is 81.9 cm³/mol. The van der Waals surface area contributed by atoms with Gasteiger partial charge in [0.05, 0.1) is 13.2 Å². The minimum absolute atomic E-state index is 0.0592. The van der Waals surface area contributed by atoms with Crippen LogP contribution in [0.5, 0.6) is 0 Å². The lowest BCUT2D eigenvalue weighted by Gasteiger charge is -2.23. The lowest BCUT2D eigenvalue weighted by atomic mass is 9.94. The summed E-state index contributed by atoms with van der Waals surface area (Å²) in [5, 5.41) is 26.8. The quantitative estimate of drug-likeness (QED) is 0.337. The summed E-state index contributed by atoms with van der Waals surface area (Å²) in [6.45, 7) is 1.62. The van der Waals surface area contributed by atoms with Crippen LogP contribution in [0.15, 0.2) is 0 Å². The fourth-order valence-electron chi connectivity index (χ4n) is 1.91. The Hall–Kier alpha value is -0.650. The molecule has 0 aromatic rings. The second-order valence-electron chi connectivity index (χ2n) is 6.09. The van der Waals surface area contributed by atoms with Gasteiger partial charge in [0.1, 0.15) is 6.61 Å². The number of hydrogen-bond donors (Lipinski definition) is 3. The molecule has 0 bridgehead atoms. The van der Waals surface area contributed by atoms with Crippen molar-refractivity contribution < 1.29 is 24.9 Å². The Kier molecular flexibility index (Phi) is 12.6. The third kappa shape index (κ3) is 11.7. The molecule has 126 valence electrons. The standard InChI is InChI=1S/C16H32O5/c1-16(12-18,13-19)14-21-15(20)10-8-6-4-2-3-5-7-9-11-17/h17-19H,2-14H2,1H3. The minimum atomic E-state index is -0.746. The molecule has 0 saturated heterocycles. The number of hydrogen-bond acceptors (Lipinski definition) is 5. The van der Waals surface area contributed by atoms with Gasteiger partial charge in [-0.25, -0.2) is 0 Å². The number of carbonyl (C=O) groups excluding carboxylic acids is 1. The van der Waals surface area contributed by atoms with E-state index in [1.807, 2.05) is 0 Å². The van der Waals surface area contributed by atoms with E-state index >= 15 is 0 Å². The number of ether oxygens (including phenoxy) is 1. The molecular formula is C16H32O5. The molecule has 0 heterocycles. The van der Waals surface area contributed by atoms with E-state index in [-0.39, 0.29) is 32.4 Å². The van der Waals surface area contributed by atoms with Crippen LogP contribution in [0.25, 0.3) is 0 Å². The van der Waals surface area contributed by atoms with Gasteiger partial charge in [0.2, 0.25) is 0 Å². The fourth-order valence-corrected chi connectivity index (χ4v) is 1.91. The van der Waals surface area contributed by atoms with E-state index in [2.05, 4.69) is 0 Å². The monoisotopic (exact) mass is 304 g/mol. The number of carbonyl (C=O) groups is 1. The highest BCUT2D eigenvalue weighted by Crippen LogP contribution is 2.15. The second kappa shape index (κ2) is 13.0. The van der Waals surface area contributed by atoms with Crippen LogP contribution < -0.4 is 0 Å². The van der Waals surface area contributed by atoms with Crippen molar-refractivity contribution in [3.63, 3.8) is 0 Å². The Morgan fingerprint density at radius 3 is 1.81 bits per heavy atom. The van der Waals surface area contributed by atoms with Gasteiger partial charge < -0.3 is 20.1 Å². The SMILES string of the molecule is CC(CO)(CO)COC(=O)CCCCCCCCCCO. The van der Waals surface area contributed by atoms with Crippen molar-refractivity contribution in [2.24, 2.45) is 5.41 Å². The lowest BCUT2D eigenvalue weighted by molar-refractivity contribution is -0.149. The van der Waals surface area contributed by atoms with Crippen LogP contribution in [0.3, 0.4) is 0 Å². The number of rotatable bonds is 14. The zero-order valence-corrected chi connectivity index (χ0v) is 13.4. The Morgan fingerprint density at radius 2 is 1.33 bits per heavy atom. The van der Waals surface area contributed by atoms with Crippen LogP contribution in [0.2, 0.25) is 0 Å². The molecule has 0 aromatic carbocycles. The van der Waals surface area contributed by atoms with Crippen LogP contribution in [0, 0.1) is 5.41 Å². The van der Waals surface area contributed by atoms with Gasteiger partial charge in [-0.3, -0.25) is 4.79 Å². The summed E-state index contributed by atoms with van der Waals surface area (Å²) in [5.41, 5.74) is -0.746. The van der Waals surface area contributed by atoms with Gasteiger partial charge in [-0.1, -0.05) is 45.4 Å². The molecular weight excluding hydrogens is 272 g/mol. The van der Waals surface area contributed by atoms with Gasteiger partial charge in [-0.15, -0.1) is 0 Å². The summed E-state index contributed by atoms with van der Waals surface area (Å²) in [7, 11) is 0. The highest BCUT2D eigenvalue weighted by molar-refractivity contribution is 5.69. The molecule has 3 N–H and O–H groups in total. The smallest absolute Gasteiger partial charge is 0.305 e. The topological polar surface area (TPSA) is 87.0 Å². The van der Waals surface area contributed by atoms with E-state index in [0.29, 0.717) is 6.42 Å². The third-order valence-electron chi connectivity index (χ3n) is 3.63. The van der Waals surface area contributed by atoms with Crippen molar-refractivity contribution in [3.8, 4) is 0 Å². The van der Waals surface area contributed by atoms with Gasteiger partial charge in [0, 0.05) is 18.4 Å². The van der Waals surface area contributed by atoms with Crippen LogP contribution in [-0.2, 0) is 9.53 Å². The normalized spacial score (nSPS) is 11.6. The van der Waals surface area contributed by atoms with E-state index < -0.39 is 5.41 Å². The van der Waals surface area contributed by atoms with Crippen molar-refractivity contribution >= 4 is 5.97 Å². The first-order valence-electron chi connectivity index (χ1n) is 8.06. The summed E-state index contributed by atoms with van der Waals surface area (Å²) in [6.07, 6.45) is 8.89. The molecule has 0 fully saturated rings. The van der Waals surface area contributed by atoms with Gasteiger partial charge in [-0.05, 0) is 12.8 Å². The van der Waals surface area contributed by atoms with Gasteiger partial charge in [-0.2, -0.15) is 0 Å². The third-order valence-corrected chi connectivity index (χ3v) is 3.63. The van der Waals surface area contributed by atoms with Crippen LogP contribution in [0.4, 0.5) is 0 Å². The van der Waals surface area contributed by atoms with Crippen molar-refractivity contribution in [1.29, 1.82) is 0 Å². The van der Waals surface area contributed by atoms with Crippen molar-refractivity contribution in [2.75, 3.05) is 26.4 Å². The van der Waals surface area contributed by atoms with Gasteiger partial charge in [0.15, 0.2) is 0 Å². The Morgan fingerprint density at radius 1 is 0.857 bits per heavy atom. The summed E-state index contributed by atoms with van der Waals surface area (Å²) in [4.78, 5) is 11.5. The molecule has 0 atom stereocenters. The number of aliphatic hydroxyl groups excluding tert-OH is 3. The van der Waals surface area contributed by atoms with E-state index in [4.69, 9.17) is 20.1 Å². The Bertz CT molecular complexity index is 251. The second-order valence-corrected chi connectivity index (χ2v) is 6.09. The number of aliphatic hydroxyl groups is 3. The molecule has 0 aliphatic rings. The van der Waals surface area contributed by atoms with E-state index in [1.165, 1.54) is 19.3 Å². The zero-order valence-electron chi connectivity index (χ0n) is 13.4. The Balaban J connectivity index is 3.42. The van der Waals surface area contributed by atoms with Crippen LogP contribution >= 0.6 is 0 Å². The molecule has 0 unspecified atom stereocenters. The molecule has 5 nitrogen and oxygen atoms in total. The molecule has 0 spiro atoms. The first-order chi connectivity index (χ1) is 10.1. The number of unbranched alkanes of at least 4 members (excludes halogenated alkanes) is 7. The van der Waals surface area contributed by atoms with Crippen molar-refractivity contribution in [3.05, 3.63) is 0 Å². The number of esters is 1. The van der Waals surface area contributed by atoms with E-state index in [0.717, 1.165) is 32.1 Å². The molecule has 0 amide bonds. The summed E-state index contributed by atoms with van der Waals surface area (Å²) in [5.74, 6) is -0.258. The van der Waals surface area contributed by atoms with Crippen LogP contribution in [-0.4, -0.2) is 47.7 Å². The molecule has 0 saturated carbocycles. The maximum absolute atomic E-state index is 11.5. The molecule has 0 rings (SSSR count). The fraction of sp³-hybridized carbons (Fsp3) is 0.938. The molecule has 0 aromatic heterocycles. The van der Waals surface area contributed by atoms with Gasteiger partial charge in [0.25, 0.3) is 0 Å². The summed E-state index contributed by atoms with van der Waals surface area (Å²) < 4.78 is 5.08. The molecule has 0 aliphatic heterocycles. The first kappa shape index (κ1) is 20.3. The molecule has 0 radical (unpaired) electrons.